The van der Waals surface area contributed by atoms with E-state index >= 15 is 0 Å². The van der Waals surface area contributed by atoms with E-state index in [1.54, 1.807) is 28.3 Å². The second-order valence-electron chi connectivity index (χ2n) is 9.73. The molecule has 3 aromatic rings. The number of hydrogen-bond donors (Lipinski definition) is 5. The Morgan fingerprint density at radius 2 is 1.79 bits per heavy atom. The van der Waals surface area contributed by atoms with Crippen LogP contribution in [0.2, 0.25) is 5.02 Å². The maximum atomic E-state index is 12.6. The van der Waals surface area contributed by atoms with Gasteiger partial charge >= 0.3 is 0 Å². The zero-order chi connectivity index (χ0) is 27.7. The summed E-state index contributed by atoms with van der Waals surface area (Å²) in [6.45, 7) is 4.22. The number of anilines is 2. The number of rotatable bonds is 9. The molecule has 0 spiro atoms. The minimum absolute atomic E-state index is 0.0157. The van der Waals surface area contributed by atoms with Gasteiger partial charge in [-0.2, -0.15) is 0 Å². The van der Waals surface area contributed by atoms with E-state index in [2.05, 4.69) is 41.3 Å². The normalized spacial score (nSPS) is 17.9. The average molecular weight is 537 g/mol. The largest absolute Gasteiger partial charge is 0.495 e. The molecule has 0 bridgehead atoms. The van der Waals surface area contributed by atoms with Crippen molar-refractivity contribution in [3.63, 3.8) is 0 Å². The van der Waals surface area contributed by atoms with Crippen molar-refractivity contribution in [3.05, 3.63) is 76.8 Å². The van der Waals surface area contributed by atoms with Gasteiger partial charge in [0.2, 0.25) is 0 Å². The van der Waals surface area contributed by atoms with E-state index < -0.39 is 17.4 Å². The number of carbonyl (C=O) groups is 1. The molecule has 6 N–H and O–H groups in total. The molecule has 0 fully saturated rings. The number of hydrogen-bond acceptors (Lipinski definition) is 8. The van der Waals surface area contributed by atoms with Crippen LogP contribution in [0.1, 0.15) is 25.0 Å². The predicted octanol–water partition coefficient (Wildman–Crippen LogP) is 3.90. The second kappa shape index (κ2) is 10.9. The number of aldehydes is 1. The van der Waals surface area contributed by atoms with Crippen molar-refractivity contribution in [1.29, 1.82) is 0 Å². The molecule has 2 atom stereocenters. The van der Waals surface area contributed by atoms with Gasteiger partial charge in [-0.3, -0.25) is 15.6 Å². The van der Waals surface area contributed by atoms with Crippen molar-refractivity contribution in [1.82, 2.24) is 16.1 Å². The molecule has 1 aliphatic heterocycles. The zero-order valence-corrected chi connectivity index (χ0v) is 23.5. The molecule has 0 aromatic heterocycles. The number of nitrogens with two attached hydrogens (primary N) is 1. The van der Waals surface area contributed by atoms with E-state index in [-0.39, 0.29) is 5.92 Å². The summed E-state index contributed by atoms with van der Waals surface area (Å²) in [4.78, 5) is 12.6. The molecule has 0 amide bonds. The smallest absolute Gasteiger partial charge is 0.173 e. The van der Waals surface area contributed by atoms with Crippen LogP contribution in [-0.4, -0.2) is 46.4 Å². The third-order valence-corrected chi connectivity index (χ3v) is 7.98. The van der Waals surface area contributed by atoms with Crippen molar-refractivity contribution in [2.45, 2.75) is 31.2 Å². The molecule has 1 heterocycles. The van der Waals surface area contributed by atoms with E-state index in [0.29, 0.717) is 10.8 Å². The van der Waals surface area contributed by atoms with Gasteiger partial charge in [0.15, 0.2) is 11.8 Å². The lowest BCUT2D eigenvalue weighted by Crippen LogP contribution is -2.75. The molecular weight excluding hydrogens is 500 g/mol. The summed E-state index contributed by atoms with van der Waals surface area (Å²) >= 11 is 6.39. The van der Waals surface area contributed by atoms with Crippen LogP contribution in [0.3, 0.4) is 0 Å². The molecular formula is C29H37ClN6O2. The lowest BCUT2D eigenvalue weighted by molar-refractivity contribution is -0.110. The number of ether oxygens (including phenoxy) is 1. The minimum Gasteiger partial charge on any atom is -0.495 e. The van der Waals surface area contributed by atoms with E-state index in [4.69, 9.17) is 22.1 Å². The van der Waals surface area contributed by atoms with Crippen molar-refractivity contribution in [2.24, 2.45) is 11.7 Å². The average Bonchev–Trinajstić information content (AvgIpc) is 2.95. The highest BCUT2D eigenvalue weighted by Crippen LogP contribution is 2.50. The number of nitrogens with zero attached hydrogens (tertiary/aromatic N) is 1. The lowest BCUT2D eigenvalue weighted by atomic mass is 9.71. The highest BCUT2D eigenvalue weighted by atomic mass is 35.5. The topological polar surface area (TPSA) is 104 Å². The van der Waals surface area contributed by atoms with Crippen LogP contribution < -0.4 is 36.9 Å². The Hall–Kier alpha value is -3.14. The Morgan fingerprint density at radius 3 is 2.34 bits per heavy atom. The van der Waals surface area contributed by atoms with E-state index in [1.165, 1.54) is 0 Å². The number of likely N-dealkylation sites (N-methyl/N-ethyl adjacent to an activating group) is 2. The summed E-state index contributed by atoms with van der Waals surface area (Å²) in [5, 5.41) is 12.5. The van der Waals surface area contributed by atoms with E-state index in [1.807, 2.05) is 59.6 Å². The number of methoxy groups -OCH3 is 1. The van der Waals surface area contributed by atoms with Crippen LogP contribution in [0.15, 0.2) is 60.7 Å². The SMILES string of the molecule is CNN1c2c(ccc(-c3ccc(Cl)c(OC)c3)c2C(N)(c2ccccc2)C(C)C)NC(NC)(NC)C1C=O. The van der Waals surface area contributed by atoms with Gasteiger partial charge in [-0.05, 0) is 54.9 Å². The minimum atomic E-state index is -0.932. The van der Waals surface area contributed by atoms with Gasteiger partial charge in [0.25, 0.3) is 0 Å². The number of hydrazine groups is 1. The quantitative estimate of drug-likeness (QED) is 0.207. The lowest BCUT2D eigenvalue weighted by Gasteiger charge is -2.51. The van der Waals surface area contributed by atoms with Crippen LogP contribution in [0.5, 0.6) is 5.75 Å². The Kier molecular flexibility index (Phi) is 8.01. The third-order valence-electron chi connectivity index (χ3n) is 7.67. The Labute approximate surface area is 229 Å². The van der Waals surface area contributed by atoms with Crippen molar-refractivity contribution < 1.29 is 9.53 Å². The molecule has 1 aliphatic rings. The highest BCUT2D eigenvalue weighted by molar-refractivity contribution is 6.32. The maximum absolute atomic E-state index is 12.6. The summed E-state index contributed by atoms with van der Waals surface area (Å²) in [7, 11) is 7.01. The van der Waals surface area contributed by atoms with Gasteiger partial charge in [-0.15, -0.1) is 0 Å². The number of carbonyl (C=O) groups excluding carboxylic acids is 1. The molecule has 4 rings (SSSR count). The first-order valence-electron chi connectivity index (χ1n) is 12.7. The molecule has 0 saturated heterocycles. The monoisotopic (exact) mass is 536 g/mol. The van der Waals surface area contributed by atoms with Crippen LogP contribution in [0.25, 0.3) is 11.1 Å². The van der Waals surface area contributed by atoms with E-state index in [0.717, 1.165) is 39.9 Å². The fourth-order valence-corrected chi connectivity index (χ4v) is 5.68. The zero-order valence-electron chi connectivity index (χ0n) is 22.7. The van der Waals surface area contributed by atoms with Gasteiger partial charge in [-0.1, -0.05) is 67.9 Å². The molecule has 0 aliphatic carbocycles. The van der Waals surface area contributed by atoms with Gasteiger partial charge in [0.05, 0.1) is 29.0 Å². The first-order chi connectivity index (χ1) is 18.2. The molecule has 2 unspecified atom stereocenters. The summed E-state index contributed by atoms with van der Waals surface area (Å²) in [6, 6.07) is 19.2. The van der Waals surface area contributed by atoms with Crippen molar-refractivity contribution in [2.75, 3.05) is 38.6 Å². The third kappa shape index (κ3) is 4.32. The molecule has 8 nitrogen and oxygen atoms in total. The van der Waals surface area contributed by atoms with Crippen molar-refractivity contribution >= 4 is 29.3 Å². The summed E-state index contributed by atoms with van der Waals surface area (Å²) in [5.41, 5.74) is 15.1. The van der Waals surface area contributed by atoms with Crippen molar-refractivity contribution in [3.8, 4) is 16.9 Å². The molecule has 0 saturated carbocycles. The second-order valence-corrected chi connectivity index (χ2v) is 10.1. The number of nitrogens with one attached hydrogen (secondary N) is 4. The van der Waals surface area contributed by atoms with Gasteiger partial charge in [0.1, 0.15) is 12.0 Å². The molecule has 0 radical (unpaired) electrons. The number of fused-ring (bicyclic) bond motifs is 1. The Morgan fingerprint density at radius 1 is 1.11 bits per heavy atom. The van der Waals surface area contributed by atoms with Crippen LogP contribution in [0, 0.1) is 5.92 Å². The first kappa shape index (κ1) is 27.9. The standard InChI is InChI=1S/C29H37ClN6O2/c1-18(2)28(31,20-10-8-7-9-11-20)26-21(19-12-14-22(30)24(16-19)38-6)13-15-23-27(26)36(34-5)25(17-37)29(32-3,33-4)35-23/h7-18,25,32-35H,31H2,1-6H3. The number of halogens is 1. The van der Waals surface area contributed by atoms with Gasteiger partial charge in [-0.25, -0.2) is 5.43 Å². The summed E-state index contributed by atoms with van der Waals surface area (Å²) in [5.74, 6) is -0.376. The first-order valence-corrected chi connectivity index (χ1v) is 13.0. The Bertz CT molecular complexity index is 1300. The summed E-state index contributed by atoms with van der Waals surface area (Å²) < 4.78 is 5.55. The predicted molar refractivity (Wildman–Crippen MR) is 156 cm³/mol. The number of benzene rings is 3. The highest BCUT2D eigenvalue weighted by Gasteiger charge is 2.49. The van der Waals surface area contributed by atoms with Crippen LogP contribution >= 0.6 is 11.6 Å². The van der Waals surface area contributed by atoms with E-state index in [9.17, 15) is 4.79 Å². The molecule has 202 valence electrons. The molecule has 9 heteroatoms. The fraction of sp³-hybridized carbons (Fsp3) is 0.345. The van der Waals surface area contributed by atoms with Crippen LogP contribution in [-0.2, 0) is 10.3 Å². The van der Waals surface area contributed by atoms with Crippen LogP contribution in [0.4, 0.5) is 11.4 Å². The summed E-state index contributed by atoms with van der Waals surface area (Å²) in [6.07, 6.45) is 0.914. The van der Waals surface area contributed by atoms with Gasteiger partial charge < -0.3 is 20.6 Å². The molecule has 3 aromatic carbocycles. The molecule has 38 heavy (non-hydrogen) atoms. The van der Waals surface area contributed by atoms with Gasteiger partial charge in [0, 0.05) is 12.6 Å². The fourth-order valence-electron chi connectivity index (χ4n) is 5.49. The maximum Gasteiger partial charge on any atom is 0.173 e. The Balaban J connectivity index is 2.15.